The van der Waals surface area contributed by atoms with E-state index in [0.717, 1.165) is 20.8 Å². The van der Waals surface area contributed by atoms with E-state index in [4.69, 9.17) is 23.7 Å². The Morgan fingerprint density at radius 2 is 1.18 bits per heavy atom. The normalized spacial score (nSPS) is 27.5. The highest BCUT2D eigenvalue weighted by molar-refractivity contribution is 5.69. The Labute approximate surface area is 126 Å². The first-order valence-corrected chi connectivity index (χ1v) is 6.51. The van der Waals surface area contributed by atoms with Crippen LogP contribution in [0.3, 0.4) is 0 Å². The van der Waals surface area contributed by atoms with Crippen LogP contribution in [0.25, 0.3) is 0 Å². The summed E-state index contributed by atoms with van der Waals surface area (Å²) in [5.74, 6) is -2.68. The minimum Gasteiger partial charge on any atom is -0.456 e. The Morgan fingerprint density at radius 1 is 0.727 bits per heavy atom. The summed E-state index contributed by atoms with van der Waals surface area (Å²) < 4.78 is 25.2. The Morgan fingerprint density at radius 3 is 1.64 bits per heavy atom. The summed E-state index contributed by atoms with van der Waals surface area (Å²) >= 11 is 0. The van der Waals surface area contributed by atoms with Crippen LogP contribution in [-0.2, 0) is 42.9 Å². The second kappa shape index (κ2) is 7.74. The summed E-state index contributed by atoms with van der Waals surface area (Å²) in [6.07, 6.45) is -4.65. The minimum absolute atomic E-state index is 0.187. The molecule has 22 heavy (non-hydrogen) atoms. The zero-order valence-corrected chi connectivity index (χ0v) is 12.7. The van der Waals surface area contributed by atoms with Gasteiger partial charge in [-0.25, -0.2) is 0 Å². The van der Waals surface area contributed by atoms with Crippen molar-refractivity contribution in [1.82, 2.24) is 0 Å². The van der Waals surface area contributed by atoms with E-state index in [1.165, 1.54) is 6.92 Å². The third-order valence-electron chi connectivity index (χ3n) is 2.59. The van der Waals surface area contributed by atoms with Crippen molar-refractivity contribution < 1.29 is 42.9 Å². The molecule has 0 aliphatic carbocycles. The summed E-state index contributed by atoms with van der Waals surface area (Å²) in [4.78, 5) is 44.7. The van der Waals surface area contributed by atoms with Gasteiger partial charge in [-0.1, -0.05) is 0 Å². The molecule has 4 atom stereocenters. The van der Waals surface area contributed by atoms with Crippen LogP contribution < -0.4 is 0 Å². The Hall–Kier alpha value is -2.16. The Balaban J connectivity index is 3.03. The zero-order valence-electron chi connectivity index (χ0n) is 12.7. The van der Waals surface area contributed by atoms with Gasteiger partial charge in [0.15, 0.2) is 12.2 Å². The molecule has 0 N–H and O–H groups in total. The summed E-state index contributed by atoms with van der Waals surface area (Å²) in [5, 5.41) is 0. The first kappa shape index (κ1) is 17.9. The van der Waals surface area contributed by atoms with E-state index < -0.39 is 48.5 Å². The van der Waals surface area contributed by atoms with E-state index in [2.05, 4.69) is 0 Å². The van der Waals surface area contributed by atoms with Crippen molar-refractivity contribution >= 4 is 23.9 Å². The molecule has 0 aromatic carbocycles. The van der Waals surface area contributed by atoms with Crippen molar-refractivity contribution in [3.63, 3.8) is 0 Å². The first-order chi connectivity index (χ1) is 10.2. The number of carbonyl (C=O) groups is 4. The predicted octanol–water partition coefficient (Wildman–Crippen LogP) is -0.299. The van der Waals surface area contributed by atoms with Crippen LogP contribution >= 0.6 is 0 Å². The molecule has 1 fully saturated rings. The molecule has 9 nitrogen and oxygen atoms in total. The maximum atomic E-state index is 11.3. The highest BCUT2D eigenvalue weighted by atomic mass is 16.7. The zero-order chi connectivity index (χ0) is 16.9. The lowest BCUT2D eigenvalue weighted by molar-refractivity contribution is -0.273. The van der Waals surface area contributed by atoms with Gasteiger partial charge in [0.25, 0.3) is 0 Å². The average Bonchev–Trinajstić information content (AvgIpc) is 2.34. The van der Waals surface area contributed by atoms with E-state index in [9.17, 15) is 19.2 Å². The van der Waals surface area contributed by atoms with Crippen molar-refractivity contribution in [2.45, 2.75) is 52.3 Å². The van der Waals surface area contributed by atoms with Crippen LogP contribution in [-0.4, -0.2) is 55.1 Å². The number of esters is 4. The lowest BCUT2D eigenvalue weighted by Gasteiger charge is -2.39. The van der Waals surface area contributed by atoms with Crippen LogP contribution in [0, 0.1) is 0 Å². The second-order valence-electron chi connectivity index (χ2n) is 4.61. The van der Waals surface area contributed by atoms with Crippen molar-refractivity contribution in [2.75, 3.05) is 6.61 Å². The smallest absolute Gasteiger partial charge is 0.305 e. The quantitative estimate of drug-likeness (QED) is 0.509. The van der Waals surface area contributed by atoms with Crippen LogP contribution in [0.5, 0.6) is 0 Å². The second-order valence-corrected chi connectivity index (χ2v) is 4.61. The lowest BCUT2D eigenvalue weighted by Crippen LogP contribution is -2.58. The van der Waals surface area contributed by atoms with Gasteiger partial charge in [0.1, 0.15) is 0 Å². The van der Waals surface area contributed by atoms with E-state index in [1.54, 1.807) is 0 Å². The first-order valence-electron chi connectivity index (χ1n) is 6.51. The Kier molecular flexibility index (Phi) is 6.29. The average molecular weight is 318 g/mol. The lowest BCUT2D eigenvalue weighted by atomic mass is 10.0. The van der Waals surface area contributed by atoms with Crippen molar-refractivity contribution in [2.24, 2.45) is 0 Å². The van der Waals surface area contributed by atoms with Gasteiger partial charge in [0.05, 0.1) is 6.61 Å². The molecule has 0 spiro atoms. The molecule has 2 unspecified atom stereocenters. The molecule has 1 rings (SSSR count). The molecule has 1 saturated heterocycles. The predicted molar refractivity (Wildman–Crippen MR) is 68.2 cm³/mol. The largest absolute Gasteiger partial charge is 0.456 e. The SMILES string of the molecule is CC(=O)OC1CO[C@H](OC(C)=O)[C@@H](OC(C)=O)C1OC(C)=O. The fourth-order valence-corrected chi connectivity index (χ4v) is 1.97. The molecule has 1 aliphatic rings. The molecular weight excluding hydrogens is 300 g/mol. The minimum atomic E-state index is -1.27. The van der Waals surface area contributed by atoms with Crippen LogP contribution in [0.1, 0.15) is 27.7 Å². The van der Waals surface area contributed by atoms with E-state index in [0.29, 0.717) is 0 Å². The van der Waals surface area contributed by atoms with Crippen molar-refractivity contribution in [1.29, 1.82) is 0 Å². The summed E-state index contributed by atoms with van der Waals surface area (Å²) in [6, 6.07) is 0. The monoisotopic (exact) mass is 318 g/mol. The number of hydrogen-bond acceptors (Lipinski definition) is 9. The van der Waals surface area contributed by atoms with Gasteiger partial charge in [0.2, 0.25) is 12.4 Å². The summed E-state index contributed by atoms with van der Waals surface area (Å²) in [7, 11) is 0. The van der Waals surface area contributed by atoms with E-state index >= 15 is 0 Å². The molecule has 0 bridgehead atoms. The Bertz CT molecular complexity index is 416. The van der Waals surface area contributed by atoms with Gasteiger partial charge in [-0.3, -0.25) is 19.2 Å². The number of carbonyl (C=O) groups excluding carboxylic acids is 4. The van der Waals surface area contributed by atoms with Gasteiger partial charge < -0.3 is 23.7 Å². The highest BCUT2D eigenvalue weighted by Crippen LogP contribution is 2.25. The molecule has 9 heteroatoms. The molecule has 0 aromatic rings. The number of ether oxygens (including phenoxy) is 5. The van der Waals surface area contributed by atoms with Crippen LogP contribution in [0.2, 0.25) is 0 Å². The molecule has 1 heterocycles. The maximum absolute atomic E-state index is 11.3. The van der Waals surface area contributed by atoms with Crippen LogP contribution in [0.4, 0.5) is 0 Å². The fraction of sp³-hybridized carbons (Fsp3) is 0.692. The summed E-state index contributed by atoms with van der Waals surface area (Å²) in [5.41, 5.74) is 0. The third-order valence-corrected chi connectivity index (χ3v) is 2.59. The standard InChI is InChI=1S/C13H18O9/c1-6(14)19-10-5-18-13(22-9(4)17)12(21-8(3)16)11(10)20-7(2)15/h10-13H,5H2,1-4H3/t10?,11?,12-,13+/m0/s1. The number of rotatable bonds is 4. The molecule has 0 saturated carbocycles. The van der Waals surface area contributed by atoms with Gasteiger partial charge in [0, 0.05) is 27.7 Å². The maximum Gasteiger partial charge on any atom is 0.305 e. The van der Waals surface area contributed by atoms with E-state index in [-0.39, 0.29) is 6.61 Å². The molecular formula is C13H18O9. The van der Waals surface area contributed by atoms with Crippen molar-refractivity contribution in [3.8, 4) is 0 Å². The molecule has 0 radical (unpaired) electrons. The van der Waals surface area contributed by atoms with Gasteiger partial charge in [-0.15, -0.1) is 0 Å². The third kappa shape index (κ3) is 5.32. The number of hydrogen-bond donors (Lipinski definition) is 0. The van der Waals surface area contributed by atoms with Crippen LogP contribution in [0.15, 0.2) is 0 Å². The highest BCUT2D eigenvalue weighted by Gasteiger charge is 2.48. The van der Waals surface area contributed by atoms with E-state index in [1.807, 2.05) is 0 Å². The van der Waals surface area contributed by atoms with Gasteiger partial charge >= 0.3 is 23.9 Å². The molecule has 124 valence electrons. The fourth-order valence-electron chi connectivity index (χ4n) is 1.97. The van der Waals surface area contributed by atoms with Gasteiger partial charge in [-0.2, -0.15) is 0 Å². The molecule has 0 amide bonds. The summed E-state index contributed by atoms with van der Waals surface area (Å²) in [6.45, 7) is 4.40. The van der Waals surface area contributed by atoms with Gasteiger partial charge in [-0.05, 0) is 0 Å². The molecule has 1 aliphatic heterocycles. The molecule has 0 aromatic heterocycles. The van der Waals surface area contributed by atoms with Crippen molar-refractivity contribution in [3.05, 3.63) is 0 Å². The topological polar surface area (TPSA) is 114 Å².